The van der Waals surface area contributed by atoms with E-state index in [1.54, 1.807) is 0 Å². The predicted molar refractivity (Wildman–Crippen MR) is 318 cm³/mol. The Hall–Kier alpha value is -10.2. The summed E-state index contributed by atoms with van der Waals surface area (Å²) in [6.07, 6.45) is 0. The summed E-state index contributed by atoms with van der Waals surface area (Å²) in [7, 11) is 0. The highest BCUT2D eigenvalue weighted by Crippen LogP contribution is 2.40. The van der Waals surface area contributed by atoms with Crippen molar-refractivity contribution in [3.8, 4) is 78.7 Å². The van der Waals surface area contributed by atoms with Gasteiger partial charge in [-0.25, -0.2) is 9.97 Å². The van der Waals surface area contributed by atoms with E-state index in [1.807, 2.05) is 24.3 Å². The van der Waals surface area contributed by atoms with Gasteiger partial charge in [-0.2, -0.15) is 0 Å². The Morgan fingerprint density at radius 3 is 1.12 bits per heavy atom. The molecule has 0 saturated carbocycles. The lowest BCUT2D eigenvalue weighted by molar-refractivity contribution is 1.17. The normalized spacial score (nSPS) is 11.7. The molecule has 3 aromatic heterocycles. The van der Waals surface area contributed by atoms with Crippen LogP contribution in [0.5, 0.6) is 0 Å². The van der Waals surface area contributed by atoms with Crippen LogP contribution in [0, 0.1) is 0 Å². The van der Waals surface area contributed by atoms with Crippen LogP contribution in [0.15, 0.2) is 279 Å². The smallest absolute Gasteiger partial charge is 0.160 e. The maximum absolute atomic E-state index is 5.09. The highest BCUT2D eigenvalue weighted by atomic mass is 15.0. The third kappa shape index (κ3) is 7.38. The second-order valence-corrected chi connectivity index (χ2v) is 19.8. The molecule has 4 nitrogen and oxygen atoms in total. The topological polar surface area (TPSA) is 35.6 Å². The van der Waals surface area contributed by atoms with Gasteiger partial charge in [-0.05, 0) is 134 Å². The zero-order valence-electron chi connectivity index (χ0n) is 41.3. The van der Waals surface area contributed by atoms with Crippen molar-refractivity contribution in [3.63, 3.8) is 0 Å². The molecule has 76 heavy (non-hydrogen) atoms. The van der Waals surface area contributed by atoms with Gasteiger partial charge in [0.1, 0.15) is 0 Å². The van der Waals surface area contributed by atoms with Crippen LogP contribution >= 0.6 is 0 Å². The molecule has 0 spiro atoms. The minimum atomic E-state index is 0.710. The van der Waals surface area contributed by atoms with E-state index in [4.69, 9.17) is 9.97 Å². The fraction of sp³-hybridized carbons (Fsp3) is 0. The van der Waals surface area contributed by atoms with Crippen molar-refractivity contribution in [3.05, 3.63) is 279 Å². The number of rotatable bonds is 8. The minimum absolute atomic E-state index is 0.710. The Kier molecular flexibility index (Phi) is 10.2. The molecule has 0 atom stereocenters. The van der Waals surface area contributed by atoms with E-state index in [1.165, 1.54) is 104 Å². The van der Waals surface area contributed by atoms with Gasteiger partial charge in [0.25, 0.3) is 0 Å². The van der Waals surface area contributed by atoms with E-state index < -0.39 is 0 Å². The van der Waals surface area contributed by atoms with E-state index >= 15 is 0 Å². The summed E-state index contributed by atoms with van der Waals surface area (Å²) in [6, 6.07) is 101. The fourth-order valence-electron chi connectivity index (χ4n) is 11.6. The number of benzene rings is 12. The molecule has 0 amide bonds. The molecule has 15 rings (SSSR count). The molecule has 0 unspecified atom stereocenters. The van der Waals surface area contributed by atoms with Crippen LogP contribution in [0.1, 0.15) is 0 Å². The van der Waals surface area contributed by atoms with Gasteiger partial charge in [0, 0.05) is 49.6 Å². The number of fused-ring (bicyclic) bond motifs is 9. The number of para-hydroxylation sites is 3. The Morgan fingerprint density at radius 1 is 0.211 bits per heavy atom. The van der Waals surface area contributed by atoms with E-state index in [2.05, 4.69) is 264 Å². The molecule has 0 aliphatic heterocycles. The van der Waals surface area contributed by atoms with Gasteiger partial charge in [-0.1, -0.05) is 200 Å². The zero-order chi connectivity index (χ0) is 50.1. The van der Waals surface area contributed by atoms with Gasteiger partial charge in [-0.15, -0.1) is 0 Å². The van der Waals surface area contributed by atoms with Gasteiger partial charge in [0.2, 0.25) is 0 Å². The zero-order valence-corrected chi connectivity index (χ0v) is 41.3. The summed E-state index contributed by atoms with van der Waals surface area (Å²) in [5.74, 6) is 0.710. The summed E-state index contributed by atoms with van der Waals surface area (Å²) in [5, 5.41) is 9.93. The summed E-state index contributed by atoms with van der Waals surface area (Å²) in [4.78, 5) is 10.1. The number of hydrogen-bond acceptors (Lipinski definition) is 2. The van der Waals surface area contributed by atoms with Crippen molar-refractivity contribution in [1.29, 1.82) is 0 Å². The van der Waals surface area contributed by atoms with Gasteiger partial charge in [0.05, 0.1) is 33.5 Å². The number of hydrogen-bond donors (Lipinski definition) is 0. The summed E-state index contributed by atoms with van der Waals surface area (Å²) >= 11 is 0. The Balaban J connectivity index is 0.719. The first kappa shape index (κ1) is 43.4. The number of aromatic nitrogens is 4. The predicted octanol–water partition coefficient (Wildman–Crippen LogP) is 19.0. The molecular weight excluding hydrogens is 921 g/mol. The third-order valence-corrected chi connectivity index (χ3v) is 15.3. The van der Waals surface area contributed by atoms with E-state index in [0.29, 0.717) is 5.82 Å². The van der Waals surface area contributed by atoms with Crippen molar-refractivity contribution in [1.82, 2.24) is 19.1 Å². The van der Waals surface area contributed by atoms with Crippen LogP contribution in [0.3, 0.4) is 0 Å². The molecule has 0 aliphatic carbocycles. The molecule has 15 aromatic rings. The van der Waals surface area contributed by atoms with Gasteiger partial charge in [0.15, 0.2) is 5.82 Å². The van der Waals surface area contributed by atoms with Crippen LogP contribution in [0.25, 0.3) is 144 Å². The Labute approximate surface area is 439 Å². The van der Waals surface area contributed by atoms with Crippen molar-refractivity contribution in [2.24, 2.45) is 0 Å². The van der Waals surface area contributed by atoms with Gasteiger partial charge >= 0.3 is 0 Å². The van der Waals surface area contributed by atoms with E-state index in [9.17, 15) is 0 Å². The first-order chi connectivity index (χ1) is 37.6. The summed E-state index contributed by atoms with van der Waals surface area (Å²) in [5.41, 5.74) is 19.1. The average Bonchev–Trinajstić information content (AvgIpc) is 4.05. The molecule has 0 bridgehead atoms. The van der Waals surface area contributed by atoms with Crippen LogP contribution in [-0.4, -0.2) is 19.1 Å². The molecule has 0 N–H and O–H groups in total. The number of nitrogens with zero attached hydrogens (tertiary/aromatic N) is 4. The standard InChI is InChI=1S/C72H46N4/c1-4-14-49(15-5-1)66-46-67(74-72(73-66)51-16-6-2-7-17-51)50-30-36-59(37-31-50)76-69-23-13-11-21-63(69)65-45-55(35-41-71(65)76)53-33-39-61-57(43-53)29-28-56-42-52(32-38-60(56)61)47-24-26-48(27-25-47)54-34-40-70-64(44-54)62-20-10-12-22-68(62)75(70)58-18-8-3-9-19-58/h1-46H. The van der Waals surface area contributed by atoms with Crippen LogP contribution in [0.4, 0.5) is 0 Å². The fourth-order valence-corrected chi connectivity index (χ4v) is 11.6. The molecule has 4 heteroatoms. The maximum Gasteiger partial charge on any atom is 0.160 e. The molecular formula is C72H46N4. The van der Waals surface area contributed by atoms with Crippen LogP contribution in [0.2, 0.25) is 0 Å². The second-order valence-electron chi connectivity index (χ2n) is 19.8. The van der Waals surface area contributed by atoms with Gasteiger partial charge in [-0.3, -0.25) is 0 Å². The van der Waals surface area contributed by atoms with Crippen molar-refractivity contribution in [2.75, 3.05) is 0 Å². The molecule has 0 aliphatic rings. The van der Waals surface area contributed by atoms with E-state index in [0.717, 1.165) is 33.8 Å². The second kappa shape index (κ2) is 17.8. The molecule has 0 radical (unpaired) electrons. The van der Waals surface area contributed by atoms with E-state index in [-0.39, 0.29) is 0 Å². The largest absolute Gasteiger partial charge is 0.309 e. The quantitative estimate of drug-likeness (QED) is 0.142. The molecule has 0 fully saturated rings. The third-order valence-electron chi connectivity index (χ3n) is 15.3. The first-order valence-corrected chi connectivity index (χ1v) is 26.0. The molecule has 3 heterocycles. The SMILES string of the molecule is c1ccc(-c2cc(-c3ccc(-n4c5ccccc5c5cc(-c6ccc7c(ccc8cc(-c9ccc(-c%10ccc%11c(c%10)c%10ccccc%10n%11-c%10ccccc%10)cc9)ccc87)c6)ccc54)cc3)nc(-c3ccccc3)n2)cc1. The molecule has 354 valence electrons. The maximum atomic E-state index is 5.09. The lowest BCUT2D eigenvalue weighted by Crippen LogP contribution is -1.97. The van der Waals surface area contributed by atoms with Crippen molar-refractivity contribution in [2.45, 2.75) is 0 Å². The average molecular weight is 967 g/mol. The Bertz CT molecular complexity index is 4650. The Morgan fingerprint density at radius 2 is 0.579 bits per heavy atom. The lowest BCUT2D eigenvalue weighted by Gasteiger charge is -2.12. The first-order valence-electron chi connectivity index (χ1n) is 26.0. The summed E-state index contributed by atoms with van der Waals surface area (Å²) < 4.78 is 4.75. The molecule has 0 saturated heterocycles. The highest BCUT2D eigenvalue weighted by molar-refractivity contribution is 6.13. The van der Waals surface area contributed by atoms with Crippen LogP contribution in [-0.2, 0) is 0 Å². The monoisotopic (exact) mass is 966 g/mol. The van der Waals surface area contributed by atoms with Crippen molar-refractivity contribution >= 4 is 65.2 Å². The molecule has 12 aromatic carbocycles. The highest BCUT2D eigenvalue weighted by Gasteiger charge is 2.17. The van der Waals surface area contributed by atoms with Gasteiger partial charge < -0.3 is 9.13 Å². The lowest BCUT2D eigenvalue weighted by atomic mass is 9.94. The van der Waals surface area contributed by atoms with Crippen LogP contribution < -0.4 is 0 Å². The summed E-state index contributed by atoms with van der Waals surface area (Å²) in [6.45, 7) is 0. The van der Waals surface area contributed by atoms with Crippen molar-refractivity contribution < 1.29 is 0 Å². The minimum Gasteiger partial charge on any atom is -0.309 e.